The van der Waals surface area contributed by atoms with Gasteiger partial charge in [0.2, 0.25) is 0 Å². The van der Waals surface area contributed by atoms with E-state index in [0.717, 1.165) is 0 Å². The van der Waals surface area contributed by atoms with E-state index in [1.807, 2.05) is 0 Å². The molecule has 0 nitrogen and oxygen atoms in total. The molecule has 0 atom stereocenters. The van der Waals surface area contributed by atoms with Crippen molar-refractivity contribution in [1.82, 2.24) is 0 Å². The molecule has 16 valence electrons. The van der Waals surface area contributed by atoms with Crippen molar-refractivity contribution < 1.29 is 0 Å². The maximum absolute atomic E-state index is 0. The van der Waals surface area contributed by atoms with E-state index in [2.05, 4.69) is 0 Å². The SMILES string of the molecule is [Mg+2].[Mg+2].[S-2].[S-2]. The first kappa shape index (κ1) is 34.2. The Balaban J connectivity index is 0. The monoisotopic (exact) mass is 112 g/mol. The second-order valence-electron chi connectivity index (χ2n) is 0. The first-order chi connectivity index (χ1) is 0. The topological polar surface area (TPSA) is 0 Å². The largest absolute Gasteiger partial charge is 2.00 e. The maximum atomic E-state index is 0. The fourth-order valence-electron chi connectivity index (χ4n) is 0. The van der Waals surface area contributed by atoms with Crippen LogP contribution >= 0.6 is 0 Å². The van der Waals surface area contributed by atoms with Gasteiger partial charge in [0.1, 0.15) is 0 Å². The van der Waals surface area contributed by atoms with Crippen LogP contribution in [0.3, 0.4) is 0 Å². The molecule has 0 N–H and O–H groups in total. The van der Waals surface area contributed by atoms with E-state index in [9.17, 15) is 0 Å². The van der Waals surface area contributed by atoms with Crippen LogP contribution in [0.2, 0.25) is 0 Å². The van der Waals surface area contributed by atoms with Gasteiger partial charge in [0.05, 0.1) is 0 Å². The van der Waals surface area contributed by atoms with Gasteiger partial charge in [-0.1, -0.05) is 0 Å². The van der Waals surface area contributed by atoms with Crippen molar-refractivity contribution >= 4 is 73.1 Å². The normalized spacial score (nSPS) is 0. The Morgan fingerprint density at radius 1 is 0.500 bits per heavy atom. The summed E-state index contributed by atoms with van der Waals surface area (Å²) in [7, 11) is 0. The average Bonchev–Trinajstić information content (AvgIpc) is 0. The summed E-state index contributed by atoms with van der Waals surface area (Å²) in [6, 6.07) is 0. The summed E-state index contributed by atoms with van der Waals surface area (Å²) < 4.78 is 0. The van der Waals surface area contributed by atoms with Gasteiger partial charge < -0.3 is 27.0 Å². The summed E-state index contributed by atoms with van der Waals surface area (Å²) in [5, 5.41) is 0. The molecule has 0 unspecified atom stereocenters. The van der Waals surface area contributed by atoms with Crippen LogP contribution in [0.5, 0.6) is 0 Å². The van der Waals surface area contributed by atoms with E-state index in [4.69, 9.17) is 0 Å². The van der Waals surface area contributed by atoms with Gasteiger partial charge in [-0.15, -0.1) is 0 Å². The summed E-state index contributed by atoms with van der Waals surface area (Å²) in [6.07, 6.45) is 0. The van der Waals surface area contributed by atoms with Gasteiger partial charge in [-0.05, 0) is 0 Å². The molecule has 0 saturated heterocycles. The quantitative estimate of drug-likeness (QED) is 0.362. The van der Waals surface area contributed by atoms with E-state index in [1.54, 1.807) is 0 Å². The molecule has 0 rings (SSSR count). The van der Waals surface area contributed by atoms with E-state index in [1.165, 1.54) is 0 Å². The minimum Gasteiger partial charge on any atom is -2.00 e. The van der Waals surface area contributed by atoms with Crippen LogP contribution < -0.4 is 0 Å². The van der Waals surface area contributed by atoms with Gasteiger partial charge >= 0.3 is 46.1 Å². The third-order valence-electron chi connectivity index (χ3n) is 0. The minimum atomic E-state index is 0. The summed E-state index contributed by atoms with van der Waals surface area (Å²) in [4.78, 5) is 0. The summed E-state index contributed by atoms with van der Waals surface area (Å²) >= 11 is 0. The number of hydrogen-bond donors (Lipinski definition) is 0. The Morgan fingerprint density at radius 3 is 0.500 bits per heavy atom. The second-order valence-corrected chi connectivity index (χ2v) is 0. The molecule has 0 amide bonds. The Kier molecular flexibility index (Phi) is 161. The van der Waals surface area contributed by atoms with E-state index >= 15 is 0 Å². The van der Waals surface area contributed by atoms with E-state index in [0.29, 0.717) is 0 Å². The fraction of sp³-hybridized carbons (Fsp3) is 0. The van der Waals surface area contributed by atoms with Gasteiger partial charge in [-0.25, -0.2) is 0 Å². The Labute approximate surface area is 72.3 Å². The van der Waals surface area contributed by atoms with Crippen molar-refractivity contribution in [3.63, 3.8) is 0 Å². The molecule has 0 aromatic heterocycles. The van der Waals surface area contributed by atoms with Gasteiger partial charge in [-0.3, -0.25) is 0 Å². The molecule has 0 saturated carbocycles. The Morgan fingerprint density at radius 2 is 0.500 bits per heavy atom. The van der Waals surface area contributed by atoms with Crippen molar-refractivity contribution in [1.29, 1.82) is 0 Å². The van der Waals surface area contributed by atoms with E-state index in [-0.39, 0.29) is 73.1 Å². The second kappa shape index (κ2) is 18.8. The summed E-state index contributed by atoms with van der Waals surface area (Å²) in [6.45, 7) is 0. The molecule has 4 heteroatoms. The van der Waals surface area contributed by atoms with Crippen molar-refractivity contribution in [2.45, 2.75) is 0 Å². The molecule has 0 aliphatic rings. The zero-order chi connectivity index (χ0) is 0. The van der Waals surface area contributed by atoms with Gasteiger partial charge in [-0.2, -0.15) is 0 Å². The molecule has 0 aromatic carbocycles. The average molecular weight is 113 g/mol. The van der Waals surface area contributed by atoms with Crippen LogP contribution in [0.4, 0.5) is 0 Å². The van der Waals surface area contributed by atoms with Gasteiger partial charge in [0, 0.05) is 0 Å². The summed E-state index contributed by atoms with van der Waals surface area (Å²) in [5.74, 6) is 0. The molecule has 0 aliphatic carbocycles. The summed E-state index contributed by atoms with van der Waals surface area (Å²) in [5.41, 5.74) is 0. The molecule has 4 heavy (non-hydrogen) atoms. The molecule has 0 radical (unpaired) electrons. The first-order valence-electron chi connectivity index (χ1n) is 0. The Hall–Kier alpha value is 2.23. The van der Waals surface area contributed by atoms with Crippen molar-refractivity contribution in [2.24, 2.45) is 0 Å². The van der Waals surface area contributed by atoms with Crippen molar-refractivity contribution in [2.75, 3.05) is 0 Å². The minimum absolute atomic E-state index is 0. The number of rotatable bonds is 0. The molecular formula is Mg2S2. The van der Waals surface area contributed by atoms with Crippen LogP contribution in [-0.4, -0.2) is 46.1 Å². The molecule has 0 bridgehead atoms. The van der Waals surface area contributed by atoms with Crippen LogP contribution in [0, 0.1) is 0 Å². The predicted molar refractivity (Wildman–Crippen MR) is 26.2 cm³/mol. The zero-order valence-electron chi connectivity index (χ0n) is 2.23. The van der Waals surface area contributed by atoms with Crippen LogP contribution in [0.15, 0.2) is 0 Å². The van der Waals surface area contributed by atoms with Gasteiger partial charge in [0.25, 0.3) is 0 Å². The van der Waals surface area contributed by atoms with Crippen molar-refractivity contribution in [3.05, 3.63) is 0 Å². The van der Waals surface area contributed by atoms with E-state index < -0.39 is 0 Å². The Bertz CT molecular complexity index is 4.00. The molecular weight excluding hydrogens is 113 g/mol. The maximum Gasteiger partial charge on any atom is 2.00 e. The predicted octanol–water partition coefficient (Wildman–Crippen LogP) is -0.766. The third kappa shape index (κ3) is 8.87. The van der Waals surface area contributed by atoms with Crippen LogP contribution in [-0.2, 0) is 27.0 Å². The third-order valence-corrected chi connectivity index (χ3v) is 0. The molecule has 0 aliphatic heterocycles. The first-order valence-corrected chi connectivity index (χ1v) is 0. The van der Waals surface area contributed by atoms with Crippen molar-refractivity contribution in [3.8, 4) is 0 Å². The molecule has 0 spiro atoms. The molecule has 0 aromatic rings. The van der Waals surface area contributed by atoms with Crippen LogP contribution in [0.1, 0.15) is 0 Å². The zero-order valence-corrected chi connectivity index (χ0v) is 6.69. The molecule has 0 heterocycles. The molecule has 0 fully saturated rings. The standard InChI is InChI=1S/2Mg.2S/q2*+2;2*-2. The van der Waals surface area contributed by atoms with Gasteiger partial charge in [0.15, 0.2) is 0 Å². The number of hydrogen-bond acceptors (Lipinski definition) is 0. The fourth-order valence-corrected chi connectivity index (χ4v) is 0. The van der Waals surface area contributed by atoms with Crippen LogP contribution in [0.25, 0.3) is 0 Å². The smallest absolute Gasteiger partial charge is 2.00 e.